The first-order valence-electron chi connectivity index (χ1n) is 6.54. The monoisotopic (exact) mass is 272 g/mol. The predicted molar refractivity (Wildman–Crippen MR) is 73.7 cm³/mol. The highest BCUT2D eigenvalue weighted by Crippen LogP contribution is 2.16. The van der Waals surface area contributed by atoms with E-state index in [4.69, 9.17) is 0 Å². The van der Waals surface area contributed by atoms with Gasteiger partial charge in [-0.3, -0.25) is 4.79 Å². The van der Waals surface area contributed by atoms with Crippen molar-refractivity contribution in [3.05, 3.63) is 54.4 Å². The molecular weight excluding hydrogens is 256 g/mol. The Hall–Kier alpha value is -2.11. The third-order valence-corrected chi connectivity index (χ3v) is 3.56. The van der Waals surface area contributed by atoms with E-state index in [0.29, 0.717) is 5.56 Å². The molecule has 1 aromatic heterocycles. The molecule has 1 aliphatic rings. The van der Waals surface area contributed by atoms with Crippen LogP contribution in [0, 0.1) is 0 Å². The van der Waals surface area contributed by atoms with Crippen LogP contribution in [-0.2, 0) is 0 Å². The summed E-state index contributed by atoms with van der Waals surface area (Å²) in [7, 11) is 0. The van der Waals surface area contributed by atoms with Crippen molar-refractivity contribution in [2.24, 2.45) is 0 Å². The van der Waals surface area contributed by atoms with Gasteiger partial charge in [-0.25, -0.2) is 0 Å². The van der Waals surface area contributed by atoms with E-state index in [1.54, 1.807) is 12.1 Å². The van der Waals surface area contributed by atoms with E-state index in [9.17, 15) is 15.0 Å². The maximum absolute atomic E-state index is 12.2. The molecule has 0 aliphatic carbocycles. The summed E-state index contributed by atoms with van der Waals surface area (Å²) in [5.74, 6) is -0.167. The Labute approximate surface area is 116 Å². The molecule has 0 saturated carbocycles. The smallest absolute Gasteiger partial charge is 0.254 e. The van der Waals surface area contributed by atoms with Gasteiger partial charge in [0.1, 0.15) is 0 Å². The van der Waals surface area contributed by atoms with Crippen molar-refractivity contribution in [1.82, 2.24) is 9.47 Å². The number of β-amino-alcohol motifs (C(OH)–C–C–N with tert-alkyl or cyclic N) is 2. The van der Waals surface area contributed by atoms with Crippen molar-refractivity contribution >= 4 is 5.91 Å². The Morgan fingerprint density at radius 3 is 2.10 bits per heavy atom. The zero-order chi connectivity index (χ0) is 14.1. The van der Waals surface area contributed by atoms with Gasteiger partial charge in [0.2, 0.25) is 0 Å². The highest BCUT2D eigenvalue weighted by molar-refractivity contribution is 5.94. The van der Waals surface area contributed by atoms with E-state index in [1.165, 1.54) is 4.90 Å². The third-order valence-electron chi connectivity index (χ3n) is 3.56. The SMILES string of the molecule is O=C(c1ccc(-n2cccc2)cc1)N1CC(O)C(O)C1. The fraction of sp³-hybridized carbons (Fsp3) is 0.267. The van der Waals surface area contributed by atoms with E-state index >= 15 is 0 Å². The van der Waals surface area contributed by atoms with Gasteiger partial charge in [0.05, 0.1) is 12.2 Å². The molecule has 2 atom stereocenters. The minimum atomic E-state index is -0.849. The summed E-state index contributed by atoms with van der Waals surface area (Å²) >= 11 is 0. The van der Waals surface area contributed by atoms with Crippen LogP contribution in [0.4, 0.5) is 0 Å². The lowest BCUT2D eigenvalue weighted by Crippen LogP contribution is -2.29. The average molecular weight is 272 g/mol. The van der Waals surface area contributed by atoms with E-state index in [1.807, 2.05) is 41.2 Å². The van der Waals surface area contributed by atoms with Crippen LogP contribution in [0.1, 0.15) is 10.4 Å². The lowest BCUT2D eigenvalue weighted by Gasteiger charge is -2.15. The van der Waals surface area contributed by atoms with Crippen LogP contribution < -0.4 is 0 Å². The minimum absolute atomic E-state index is 0.167. The van der Waals surface area contributed by atoms with Gasteiger partial charge < -0.3 is 19.7 Å². The Bertz CT molecular complexity index is 582. The number of hydrogen-bond acceptors (Lipinski definition) is 3. The van der Waals surface area contributed by atoms with E-state index in [0.717, 1.165) is 5.69 Å². The summed E-state index contributed by atoms with van der Waals surface area (Å²) in [6, 6.07) is 11.1. The summed E-state index contributed by atoms with van der Waals surface area (Å²) in [5, 5.41) is 19.0. The summed E-state index contributed by atoms with van der Waals surface area (Å²) in [5.41, 5.74) is 1.54. The number of rotatable bonds is 2. The van der Waals surface area contributed by atoms with Crippen LogP contribution in [0.25, 0.3) is 5.69 Å². The Balaban J connectivity index is 1.76. The maximum Gasteiger partial charge on any atom is 0.254 e. The van der Waals surface area contributed by atoms with Crippen molar-refractivity contribution in [1.29, 1.82) is 0 Å². The normalized spacial score (nSPS) is 22.2. The number of aromatic nitrogens is 1. The molecule has 20 heavy (non-hydrogen) atoms. The summed E-state index contributed by atoms with van der Waals surface area (Å²) in [6.07, 6.45) is 2.17. The number of aliphatic hydroxyl groups excluding tert-OH is 2. The van der Waals surface area contributed by atoms with Crippen LogP contribution in [0.15, 0.2) is 48.8 Å². The number of amides is 1. The fourth-order valence-electron chi connectivity index (χ4n) is 2.40. The number of aliphatic hydroxyl groups is 2. The summed E-state index contributed by atoms with van der Waals surface area (Å²) in [4.78, 5) is 13.7. The topological polar surface area (TPSA) is 65.7 Å². The minimum Gasteiger partial charge on any atom is -0.388 e. The molecule has 0 spiro atoms. The van der Waals surface area contributed by atoms with Crippen molar-refractivity contribution in [2.45, 2.75) is 12.2 Å². The van der Waals surface area contributed by atoms with Crippen LogP contribution >= 0.6 is 0 Å². The lowest BCUT2D eigenvalue weighted by molar-refractivity contribution is 0.0572. The number of carbonyl (C=O) groups excluding carboxylic acids is 1. The average Bonchev–Trinajstić information content (AvgIpc) is 3.09. The zero-order valence-electron chi connectivity index (χ0n) is 10.9. The van der Waals surface area contributed by atoms with Crippen molar-refractivity contribution < 1.29 is 15.0 Å². The summed E-state index contributed by atoms with van der Waals surface area (Å²) < 4.78 is 1.96. The Morgan fingerprint density at radius 2 is 1.55 bits per heavy atom. The standard InChI is InChI=1S/C15H16N2O3/c18-13-9-17(10-14(13)19)15(20)11-3-5-12(6-4-11)16-7-1-2-8-16/h1-8,13-14,18-19H,9-10H2. The molecule has 5 heteroatoms. The summed E-state index contributed by atoms with van der Waals surface area (Å²) in [6.45, 7) is 0.360. The first-order valence-corrected chi connectivity index (χ1v) is 6.54. The Morgan fingerprint density at radius 1 is 1.00 bits per heavy atom. The van der Waals surface area contributed by atoms with Gasteiger partial charge in [-0.2, -0.15) is 0 Å². The molecule has 2 aromatic rings. The molecule has 1 fully saturated rings. The van der Waals surface area contributed by atoms with Crippen LogP contribution in [0.2, 0.25) is 0 Å². The van der Waals surface area contributed by atoms with Gasteiger partial charge in [0.25, 0.3) is 5.91 Å². The zero-order valence-corrected chi connectivity index (χ0v) is 10.9. The molecule has 3 rings (SSSR count). The third kappa shape index (κ3) is 2.33. The second kappa shape index (κ2) is 5.11. The maximum atomic E-state index is 12.2. The molecule has 104 valence electrons. The van der Waals surface area contributed by atoms with Gasteiger partial charge in [-0.05, 0) is 36.4 Å². The van der Waals surface area contributed by atoms with Crippen LogP contribution in [-0.4, -0.2) is 50.9 Å². The molecule has 1 aromatic carbocycles. The largest absolute Gasteiger partial charge is 0.388 e. The molecule has 0 radical (unpaired) electrons. The molecule has 2 heterocycles. The number of benzene rings is 1. The number of carbonyl (C=O) groups is 1. The molecule has 5 nitrogen and oxygen atoms in total. The van der Waals surface area contributed by atoms with Crippen LogP contribution in [0.5, 0.6) is 0 Å². The quantitative estimate of drug-likeness (QED) is 0.844. The van der Waals surface area contributed by atoms with Crippen molar-refractivity contribution in [2.75, 3.05) is 13.1 Å². The number of hydrogen-bond donors (Lipinski definition) is 2. The molecule has 2 unspecified atom stereocenters. The highest BCUT2D eigenvalue weighted by Gasteiger charge is 2.32. The molecular formula is C15H16N2O3. The number of likely N-dealkylation sites (tertiary alicyclic amines) is 1. The highest BCUT2D eigenvalue weighted by atomic mass is 16.3. The lowest BCUT2D eigenvalue weighted by atomic mass is 10.2. The first kappa shape index (κ1) is 12.9. The van der Waals surface area contributed by atoms with Gasteiger partial charge in [0.15, 0.2) is 0 Å². The van der Waals surface area contributed by atoms with Gasteiger partial charge in [-0.1, -0.05) is 0 Å². The molecule has 1 saturated heterocycles. The predicted octanol–water partition coefficient (Wildman–Crippen LogP) is 0.655. The van der Waals surface area contributed by atoms with E-state index < -0.39 is 12.2 Å². The molecule has 2 N–H and O–H groups in total. The molecule has 0 bridgehead atoms. The molecule has 1 amide bonds. The fourth-order valence-corrected chi connectivity index (χ4v) is 2.40. The van der Waals surface area contributed by atoms with Gasteiger partial charge >= 0.3 is 0 Å². The van der Waals surface area contributed by atoms with Gasteiger partial charge in [-0.15, -0.1) is 0 Å². The molecule has 1 aliphatic heterocycles. The van der Waals surface area contributed by atoms with Crippen molar-refractivity contribution in [3.8, 4) is 5.69 Å². The van der Waals surface area contributed by atoms with Gasteiger partial charge in [0, 0.05) is 36.7 Å². The van der Waals surface area contributed by atoms with Crippen LogP contribution in [0.3, 0.4) is 0 Å². The second-order valence-corrected chi connectivity index (χ2v) is 4.98. The van der Waals surface area contributed by atoms with Crippen molar-refractivity contribution in [3.63, 3.8) is 0 Å². The van der Waals surface area contributed by atoms with E-state index in [-0.39, 0.29) is 19.0 Å². The van der Waals surface area contributed by atoms with E-state index in [2.05, 4.69) is 0 Å². The first-order chi connectivity index (χ1) is 9.65. The Kier molecular flexibility index (Phi) is 3.30. The number of nitrogens with zero attached hydrogens (tertiary/aromatic N) is 2. The second-order valence-electron chi connectivity index (χ2n) is 4.98.